The number of aryl methyl sites for hydroxylation is 1. The lowest BCUT2D eigenvalue weighted by molar-refractivity contribution is -0.120. The van der Waals surface area contributed by atoms with Crippen molar-refractivity contribution in [1.29, 1.82) is 0 Å². The quantitative estimate of drug-likeness (QED) is 0.780. The molecular formula is C17H17N5O. The van der Waals surface area contributed by atoms with Crippen LogP contribution in [0.3, 0.4) is 0 Å². The Morgan fingerprint density at radius 1 is 1.22 bits per heavy atom. The van der Waals surface area contributed by atoms with Crippen molar-refractivity contribution < 1.29 is 4.79 Å². The number of benzene rings is 1. The van der Waals surface area contributed by atoms with E-state index >= 15 is 0 Å². The van der Waals surface area contributed by atoms with Gasteiger partial charge in [0.15, 0.2) is 0 Å². The van der Waals surface area contributed by atoms with Crippen molar-refractivity contribution in [3.05, 3.63) is 71.8 Å². The molecule has 0 aliphatic carbocycles. The highest BCUT2D eigenvalue weighted by molar-refractivity contribution is 5.78. The second-order valence-corrected chi connectivity index (χ2v) is 5.30. The third-order valence-corrected chi connectivity index (χ3v) is 3.38. The molecule has 0 saturated carbocycles. The average Bonchev–Trinajstić information content (AvgIpc) is 3.03. The molecule has 1 amide bonds. The van der Waals surface area contributed by atoms with Crippen LogP contribution in [0.1, 0.15) is 16.8 Å². The molecule has 0 aliphatic rings. The van der Waals surface area contributed by atoms with E-state index in [2.05, 4.69) is 20.6 Å². The molecule has 116 valence electrons. The lowest BCUT2D eigenvalue weighted by atomic mass is 10.1. The van der Waals surface area contributed by atoms with Crippen molar-refractivity contribution >= 4 is 5.91 Å². The van der Waals surface area contributed by atoms with Crippen molar-refractivity contribution in [3.63, 3.8) is 0 Å². The first-order valence-corrected chi connectivity index (χ1v) is 7.34. The van der Waals surface area contributed by atoms with Gasteiger partial charge in [0.25, 0.3) is 0 Å². The fourth-order valence-corrected chi connectivity index (χ4v) is 2.26. The Morgan fingerprint density at radius 3 is 2.83 bits per heavy atom. The number of rotatable bonds is 5. The summed E-state index contributed by atoms with van der Waals surface area (Å²) in [5.41, 5.74) is 3.74. The van der Waals surface area contributed by atoms with Crippen LogP contribution in [0.4, 0.5) is 0 Å². The van der Waals surface area contributed by atoms with E-state index in [0.29, 0.717) is 18.7 Å². The lowest BCUT2D eigenvalue weighted by Crippen LogP contribution is -2.24. The van der Waals surface area contributed by atoms with Crippen LogP contribution >= 0.6 is 0 Å². The smallest absolute Gasteiger partial charge is 0.224 e. The van der Waals surface area contributed by atoms with Gasteiger partial charge in [-0.25, -0.2) is 4.68 Å². The molecule has 23 heavy (non-hydrogen) atoms. The van der Waals surface area contributed by atoms with E-state index in [1.807, 2.05) is 43.3 Å². The van der Waals surface area contributed by atoms with Crippen molar-refractivity contribution in [2.24, 2.45) is 0 Å². The van der Waals surface area contributed by atoms with Crippen LogP contribution in [0.25, 0.3) is 5.69 Å². The van der Waals surface area contributed by atoms with Crippen molar-refractivity contribution in [3.8, 4) is 5.69 Å². The Labute approximate surface area is 134 Å². The minimum absolute atomic E-state index is 0.0333. The summed E-state index contributed by atoms with van der Waals surface area (Å²) in [6.45, 7) is 2.37. The third-order valence-electron chi connectivity index (χ3n) is 3.38. The second-order valence-electron chi connectivity index (χ2n) is 5.30. The van der Waals surface area contributed by atoms with Crippen LogP contribution in [0.2, 0.25) is 0 Å². The highest BCUT2D eigenvalue weighted by atomic mass is 16.1. The molecule has 0 fully saturated rings. The zero-order chi connectivity index (χ0) is 16.1. The lowest BCUT2D eigenvalue weighted by Gasteiger charge is -2.04. The molecule has 0 aliphatic heterocycles. The van der Waals surface area contributed by atoms with Gasteiger partial charge in [-0.1, -0.05) is 35.0 Å². The van der Waals surface area contributed by atoms with Crippen LogP contribution in [-0.2, 0) is 17.8 Å². The molecule has 3 aromatic rings. The number of carbonyl (C=O) groups excluding carboxylic acids is 1. The highest BCUT2D eigenvalue weighted by Crippen LogP contribution is 2.06. The van der Waals surface area contributed by atoms with Gasteiger partial charge in [-0.05, 0) is 24.6 Å². The van der Waals surface area contributed by atoms with Gasteiger partial charge in [-0.3, -0.25) is 9.78 Å². The standard InChI is InChI=1S/C17H17N5O/c1-13-3-2-4-14(9-13)10-17(23)19-11-15-12-22(21-20-15)16-5-7-18-8-6-16/h2-9,12H,10-11H2,1H3,(H,19,23). The van der Waals surface area contributed by atoms with Crippen LogP contribution in [-0.4, -0.2) is 25.9 Å². The Balaban J connectivity index is 1.56. The third kappa shape index (κ3) is 4.00. The second kappa shape index (κ2) is 6.83. The van der Waals surface area contributed by atoms with Crippen molar-refractivity contribution in [1.82, 2.24) is 25.3 Å². The maximum atomic E-state index is 12.0. The molecule has 6 heteroatoms. The molecule has 0 radical (unpaired) electrons. The van der Waals surface area contributed by atoms with E-state index in [0.717, 1.165) is 16.8 Å². The molecule has 0 unspecified atom stereocenters. The number of nitrogens with zero attached hydrogens (tertiary/aromatic N) is 4. The van der Waals surface area contributed by atoms with E-state index in [1.165, 1.54) is 0 Å². The summed E-state index contributed by atoms with van der Waals surface area (Å²) in [6, 6.07) is 11.6. The SMILES string of the molecule is Cc1cccc(CC(=O)NCc2cn(-c3ccncc3)nn2)c1. The molecule has 3 rings (SSSR count). The fourth-order valence-electron chi connectivity index (χ4n) is 2.26. The summed E-state index contributed by atoms with van der Waals surface area (Å²) in [5, 5.41) is 11.0. The van der Waals surface area contributed by atoms with Gasteiger partial charge in [0.1, 0.15) is 5.69 Å². The molecule has 6 nitrogen and oxygen atoms in total. The molecule has 2 heterocycles. The number of hydrogen-bond acceptors (Lipinski definition) is 4. The molecule has 0 spiro atoms. The number of nitrogens with one attached hydrogen (secondary N) is 1. The number of carbonyl (C=O) groups is 1. The van der Waals surface area contributed by atoms with Gasteiger partial charge in [-0.15, -0.1) is 5.10 Å². The number of aromatic nitrogens is 4. The van der Waals surface area contributed by atoms with E-state index in [1.54, 1.807) is 23.3 Å². The molecule has 0 saturated heterocycles. The van der Waals surface area contributed by atoms with Gasteiger partial charge in [0, 0.05) is 12.4 Å². The Bertz CT molecular complexity index is 798. The van der Waals surface area contributed by atoms with Crippen LogP contribution in [0, 0.1) is 6.92 Å². The minimum Gasteiger partial charge on any atom is -0.350 e. The summed E-state index contributed by atoms with van der Waals surface area (Å²) < 4.78 is 1.66. The van der Waals surface area contributed by atoms with Crippen LogP contribution in [0.5, 0.6) is 0 Å². The molecule has 0 atom stereocenters. The Kier molecular flexibility index (Phi) is 4.42. The minimum atomic E-state index is -0.0333. The monoisotopic (exact) mass is 307 g/mol. The average molecular weight is 307 g/mol. The van der Waals surface area contributed by atoms with E-state index < -0.39 is 0 Å². The summed E-state index contributed by atoms with van der Waals surface area (Å²) in [7, 11) is 0. The first-order valence-electron chi connectivity index (χ1n) is 7.34. The van der Waals surface area contributed by atoms with Gasteiger partial charge in [0.05, 0.1) is 24.8 Å². The maximum Gasteiger partial charge on any atom is 0.224 e. The summed E-state index contributed by atoms with van der Waals surface area (Å²) in [6.07, 6.45) is 5.54. The van der Waals surface area contributed by atoms with E-state index in [9.17, 15) is 4.79 Å². The first kappa shape index (κ1) is 14.9. The molecule has 1 aromatic carbocycles. The van der Waals surface area contributed by atoms with E-state index in [-0.39, 0.29) is 5.91 Å². The van der Waals surface area contributed by atoms with Gasteiger partial charge < -0.3 is 5.32 Å². The Morgan fingerprint density at radius 2 is 2.04 bits per heavy atom. The molecule has 1 N–H and O–H groups in total. The largest absolute Gasteiger partial charge is 0.350 e. The topological polar surface area (TPSA) is 72.7 Å². The highest BCUT2D eigenvalue weighted by Gasteiger charge is 2.06. The molecular weight excluding hydrogens is 290 g/mol. The predicted octanol–water partition coefficient (Wildman–Crippen LogP) is 1.83. The summed E-state index contributed by atoms with van der Waals surface area (Å²) in [4.78, 5) is 16.0. The molecule has 2 aromatic heterocycles. The van der Waals surface area contributed by atoms with Crippen molar-refractivity contribution in [2.75, 3.05) is 0 Å². The number of pyridine rings is 1. The number of hydrogen-bond donors (Lipinski definition) is 1. The summed E-state index contributed by atoms with van der Waals surface area (Å²) >= 11 is 0. The van der Waals surface area contributed by atoms with Crippen molar-refractivity contribution in [2.45, 2.75) is 19.9 Å². The van der Waals surface area contributed by atoms with Gasteiger partial charge in [-0.2, -0.15) is 0 Å². The Hall–Kier alpha value is -3.02. The maximum absolute atomic E-state index is 12.0. The fraction of sp³-hybridized carbons (Fsp3) is 0.176. The summed E-state index contributed by atoms with van der Waals surface area (Å²) in [5.74, 6) is -0.0333. The zero-order valence-electron chi connectivity index (χ0n) is 12.8. The molecule has 0 bridgehead atoms. The normalized spacial score (nSPS) is 10.5. The van der Waals surface area contributed by atoms with Crippen LogP contribution in [0.15, 0.2) is 55.0 Å². The number of amides is 1. The zero-order valence-corrected chi connectivity index (χ0v) is 12.8. The van der Waals surface area contributed by atoms with E-state index in [4.69, 9.17) is 0 Å². The van der Waals surface area contributed by atoms with Crippen LogP contribution < -0.4 is 5.32 Å². The first-order chi connectivity index (χ1) is 11.2. The predicted molar refractivity (Wildman–Crippen MR) is 85.9 cm³/mol. The van der Waals surface area contributed by atoms with Gasteiger partial charge >= 0.3 is 0 Å². The van der Waals surface area contributed by atoms with Gasteiger partial charge in [0.2, 0.25) is 5.91 Å².